The first-order valence-electron chi connectivity index (χ1n) is 10.4. The number of carbonyl (C=O) groups is 1. The van der Waals surface area contributed by atoms with E-state index in [-0.39, 0.29) is 11.9 Å². The summed E-state index contributed by atoms with van der Waals surface area (Å²) >= 11 is 0. The van der Waals surface area contributed by atoms with E-state index in [0.717, 1.165) is 39.9 Å². The summed E-state index contributed by atoms with van der Waals surface area (Å²) < 4.78 is 7.85. The molecule has 4 heteroatoms. The lowest BCUT2D eigenvalue weighted by Crippen LogP contribution is -2.42. The Kier molecular flexibility index (Phi) is 4.75. The Morgan fingerprint density at radius 1 is 0.933 bits per heavy atom. The summed E-state index contributed by atoms with van der Waals surface area (Å²) in [5.74, 6) is 0.914. The van der Waals surface area contributed by atoms with Crippen LogP contribution in [-0.2, 0) is 6.54 Å². The zero-order valence-corrected chi connectivity index (χ0v) is 17.0. The molecule has 0 spiro atoms. The minimum atomic E-state index is -0.129. The van der Waals surface area contributed by atoms with E-state index in [9.17, 15) is 4.79 Å². The van der Waals surface area contributed by atoms with E-state index in [0.29, 0.717) is 13.2 Å². The second kappa shape index (κ2) is 7.71. The zero-order valence-electron chi connectivity index (χ0n) is 17.0. The molecule has 0 aliphatic carbocycles. The van der Waals surface area contributed by atoms with Gasteiger partial charge in [-0.15, -0.1) is 0 Å². The van der Waals surface area contributed by atoms with Gasteiger partial charge in [-0.1, -0.05) is 48.5 Å². The number of amides is 1. The van der Waals surface area contributed by atoms with Gasteiger partial charge in [-0.25, -0.2) is 0 Å². The monoisotopic (exact) mass is 396 g/mol. The van der Waals surface area contributed by atoms with Crippen LogP contribution in [0.4, 0.5) is 0 Å². The third kappa shape index (κ3) is 3.14. The summed E-state index contributed by atoms with van der Waals surface area (Å²) in [6.45, 7) is 4.08. The van der Waals surface area contributed by atoms with Crippen molar-refractivity contribution in [1.29, 1.82) is 0 Å². The van der Waals surface area contributed by atoms with Crippen molar-refractivity contribution in [3.05, 3.63) is 102 Å². The van der Waals surface area contributed by atoms with Gasteiger partial charge in [0.15, 0.2) is 0 Å². The van der Waals surface area contributed by atoms with Crippen LogP contribution in [0.5, 0.6) is 5.75 Å². The summed E-state index contributed by atoms with van der Waals surface area (Å²) in [6.07, 6.45) is 2.09. The van der Waals surface area contributed by atoms with Gasteiger partial charge in [-0.2, -0.15) is 0 Å². The molecule has 2 heterocycles. The molecular weight excluding hydrogens is 372 g/mol. The van der Waals surface area contributed by atoms with E-state index in [1.165, 1.54) is 0 Å². The SMILES string of the molecule is CCOc1ccc(C2c3cccn3CCN2C(=O)c2cccc3ccccc23)cc1. The fourth-order valence-electron chi connectivity index (χ4n) is 4.43. The average molecular weight is 396 g/mol. The van der Waals surface area contributed by atoms with Crippen LogP contribution in [0.15, 0.2) is 85.1 Å². The van der Waals surface area contributed by atoms with Crippen molar-refractivity contribution in [3.8, 4) is 5.75 Å². The lowest BCUT2D eigenvalue weighted by atomic mass is 9.97. The predicted molar refractivity (Wildman–Crippen MR) is 119 cm³/mol. The second-order valence-electron chi connectivity index (χ2n) is 7.56. The van der Waals surface area contributed by atoms with Crippen molar-refractivity contribution in [1.82, 2.24) is 9.47 Å². The molecule has 30 heavy (non-hydrogen) atoms. The lowest BCUT2D eigenvalue weighted by Gasteiger charge is -2.37. The fourth-order valence-corrected chi connectivity index (χ4v) is 4.43. The highest BCUT2D eigenvalue weighted by molar-refractivity contribution is 6.07. The summed E-state index contributed by atoms with van der Waals surface area (Å²) in [5.41, 5.74) is 2.98. The average Bonchev–Trinajstić information content (AvgIpc) is 3.27. The van der Waals surface area contributed by atoms with Gasteiger partial charge >= 0.3 is 0 Å². The number of rotatable bonds is 4. The van der Waals surface area contributed by atoms with Crippen molar-refractivity contribution < 1.29 is 9.53 Å². The number of fused-ring (bicyclic) bond motifs is 2. The summed E-state index contributed by atoms with van der Waals surface area (Å²) in [5, 5.41) is 2.08. The molecule has 0 bridgehead atoms. The largest absolute Gasteiger partial charge is 0.494 e. The van der Waals surface area contributed by atoms with Crippen LogP contribution in [0.1, 0.15) is 34.6 Å². The van der Waals surface area contributed by atoms with E-state index >= 15 is 0 Å². The van der Waals surface area contributed by atoms with E-state index in [1.807, 2.05) is 54.3 Å². The Morgan fingerprint density at radius 2 is 1.73 bits per heavy atom. The number of aromatic nitrogens is 1. The standard InChI is InChI=1S/C26H24N2O2/c1-2-30-21-14-12-20(13-15-21)25-24-11-6-16-27(24)17-18-28(25)26(29)23-10-5-8-19-7-3-4-9-22(19)23/h3-16,25H,2,17-18H2,1H3. The number of carbonyl (C=O) groups excluding carboxylic acids is 1. The highest BCUT2D eigenvalue weighted by Gasteiger charge is 2.33. The van der Waals surface area contributed by atoms with E-state index in [4.69, 9.17) is 4.74 Å². The number of hydrogen-bond acceptors (Lipinski definition) is 2. The molecule has 4 aromatic rings. The minimum absolute atomic E-state index is 0.0677. The van der Waals surface area contributed by atoms with Crippen LogP contribution < -0.4 is 4.74 Å². The van der Waals surface area contributed by atoms with Gasteiger partial charge in [0.25, 0.3) is 5.91 Å². The van der Waals surface area contributed by atoms with Gasteiger partial charge in [0.1, 0.15) is 5.75 Å². The summed E-state index contributed by atoms with van der Waals surface area (Å²) in [4.78, 5) is 15.8. The molecule has 0 saturated heterocycles. The highest BCUT2D eigenvalue weighted by atomic mass is 16.5. The molecule has 1 unspecified atom stereocenters. The molecule has 1 amide bonds. The third-order valence-electron chi connectivity index (χ3n) is 5.83. The third-order valence-corrected chi connectivity index (χ3v) is 5.83. The molecular formula is C26H24N2O2. The maximum absolute atomic E-state index is 13.8. The van der Waals surface area contributed by atoms with Crippen molar-refractivity contribution in [2.24, 2.45) is 0 Å². The number of ether oxygens (including phenoxy) is 1. The Hall–Kier alpha value is -3.53. The van der Waals surface area contributed by atoms with Gasteiger partial charge in [0.2, 0.25) is 0 Å². The first-order chi connectivity index (χ1) is 14.8. The van der Waals surface area contributed by atoms with Gasteiger partial charge in [0.05, 0.1) is 12.6 Å². The minimum Gasteiger partial charge on any atom is -0.494 e. The van der Waals surface area contributed by atoms with Crippen LogP contribution in [0.25, 0.3) is 10.8 Å². The topological polar surface area (TPSA) is 34.5 Å². The first kappa shape index (κ1) is 18.5. The van der Waals surface area contributed by atoms with Gasteiger partial charge in [-0.05, 0) is 53.6 Å². The second-order valence-corrected chi connectivity index (χ2v) is 7.56. The smallest absolute Gasteiger partial charge is 0.255 e. The van der Waals surface area contributed by atoms with Crippen LogP contribution in [0.3, 0.4) is 0 Å². The normalized spacial score (nSPS) is 15.8. The molecule has 0 radical (unpaired) electrons. The Bertz CT molecular complexity index is 1190. The van der Waals surface area contributed by atoms with Crippen LogP contribution in [0, 0.1) is 0 Å². The van der Waals surface area contributed by atoms with Crippen molar-refractivity contribution in [3.63, 3.8) is 0 Å². The molecule has 1 atom stereocenters. The first-order valence-corrected chi connectivity index (χ1v) is 10.4. The van der Waals surface area contributed by atoms with Crippen LogP contribution in [0.2, 0.25) is 0 Å². The predicted octanol–water partition coefficient (Wildman–Crippen LogP) is 5.29. The molecule has 0 saturated carbocycles. The van der Waals surface area contributed by atoms with Crippen molar-refractivity contribution in [2.45, 2.75) is 19.5 Å². The molecule has 0 N–H and O–H groups in total. The van der Waals surface area contributed by atoms with Crippen molar-refractivity contribution in [2.75, 3.05) is 13.2 Å². The molecule has 4 nitrogen and oxygen atoms in total. The molecule has 0 fully saturated rings. The summed E-state index contributed by atoms with van der Waals surface area (Å²) in [7, 11) is 0. The van der Waals surface area contributed by atoms with Crippen molar-refractivity contribution >= 4 is 16.7 Å². The number of benzene rings is 3. The van der Waals surface area contributed by atoms with Gasteiger partial charge < -0.3 is 14.2 Å². The van der Waals surface area contributed by atoms with Crippen LogP contribution >= 0.6 is 0 Å². The van der Waals surface area contributed by atoms with E-state index in [1.54, 1.807) is 0 Å². The zero-order chi connectivity index (χ0) is 20.5. The Morgan fingerprint density at radius 3 is 2.57 bits per heavy atom. The quantitative estimate of drug-likeness (QED) is 0.470. The Balaban J connectivity index is 1.58. The fraction of sp³-hybridized carbons (Fsp3) is 0.192. The molecule has 5 rings (SSSR count). The maximum atomic E-state index is 13.8. The number of nitrogens with zero attached hydrogens (tertiary/aromatic N) is 2. The molecule has 150 valence electrons. The highest BCUT2D eigenvalue weighted by Crippen LogP contribution is 2.35. The molecule has 3 aromatic carbocycles. The van der Waals surface area contributed by atoms with Crippen LogP contribution in [-0.4, -0.2) is 28.5 Å². The molecule has 1 aliphatic rings. The van der Waals surface area contributed by atoms with E-state index < -0.39 is 0 Å². The van der Waals surface area contributed by atoms with Gasteiger partial charge in [-0.3, -0.25) is 4.79 Å². The lowest BCUT2D eigenvalue weighted by molar-refractivity contribution is 0.0666. The van der Waals surface area contributed by atoms with E-state index in [2.05, 4.69) is 47.2 Å². The molecule has 1 aromatic heterocycles. The summed E-state index contributed by atoms with van der Waals surface area (Å²) in [6, 6.07) is 26.2. The molecule has 1 aliphatic heterocycles. The Labute approximate surface area is 176 Å². The number of hydrogen-bond donors (Lipinski definition) is 0. The van der Waals surface area contributed by atoms with Gasteiger partial charge in [0, 0.05) is 30.5 Å². The maximum Gasteiger partial charge on any atom is 0.255 e.